The summed E-state index contributed by atoms with van der Waals surface area (Å²) in [6.45, 7) is 3.96. The van der Waals surface area contributed by atoms with E-state index in [9.17, 15) is 13.2 Å². The van der Waals surface area contributed by atoms with Crippen LogP contribution in [0.3, 0.4) is 0 Å². The summed E-state index contributed by atoms with van der Waals surface area (Å²) >= 11 is 0. The molecule has 1 heterocycles. The third-order valence-electron chi connectivity index (χ3n) is 3.18. The van der Waals surface area contributed by atoms with Crippen LogP contribution in [0.5, 0.6) is 0 Å². The molecule has 0 atom stereocenters. The maximum Gasteiger partial charge on any atom is 0.451 e. The summed E-state index contributed by atoms with van der Waals surface area (Å²) in [6, 6.07) is 6.80. The van der Waals surface area contributed by atoms with E-state index >= 15 is 0 Å². The Hall–Kier alpha value is -1.85. The monoisotopic (exact) mass is 283 g/mol. The largest absolute Gasteiger partial charge is 0.451 e. The Kier molecular flexibility index (Phi) is 4.11. The van der Waals surface area contributed by atoms with Crippen LogP contribution in [0.2, 0.25) is 0 Å². The Morgan fingerprint density at radius 2 is 1.75 bits per heavy atom. The molecule has 2 aromatic rings. The van der Waals surface area contributed by atoms with Gasteiger partial charge in [-0.2, -0.15) is 13.2 Å². The van der Waals surface area contributed by atoms with Crippen LogP contribution in [0.1, 0.15) is 32.5 Å². The summed E-state index contributed by atoms with van der Waals surface area (Å²) in [5.74, 6) is -0.860. The Bertz CT molecular complexity index is 592. The molecular weight excluding hydrogens is 267 g/mol. The minimum atomic E-state index is -4.55. The predicted molar refractivity (Wildman–Crippen MR) is 72.5 cm³/mol. The molecule has 0 unspecified atom stereocenters. The number of alkyl halides is 3. The fourth-order valence-corrected chi connectivity index (χ4v) is 2.00. The quantitative estimate of drug-likeness (QED) is 0.911. The Balaban J connectivity index is 2.55. The number of halogens is 3. The molecule has 0 fully saturated rings. The van der Waals surface area contributed by atoms with Gasteiger partial charge >= 0.3 is 6.18 Å². The van der Waals surface area contributed by atoms with Gasteiger partial charge in [-0.15, -0.1) is 0 Å². The molecule has 0 saturated heterocycles. The first-order chi connectivity index (χ1) is 9.45. The number of hydrogen-bond acceptors (Lipinski definition) is 3. The predicted octanol–water partition coefficient (Wildman–Crippen LogP) is 4.25. The van der Waals surface area contributed by atoms with Crippen LogP contribution >= 0.6 is 0 Å². The minimum Gasteiger partial charge on any atom is -0.367 e. The molecule has 1 aromatic carbocycles. The highest BCUT2D eigenvalue weighted by Crippen LogP contribution is 2.30. The SMILES string of the molecule is CCC(CC)Nc1nc(C(F)(F)F)nc2ccccc12. The van der Waals surface area contributed by atoms with Crippen molar-refractivity contribution in [1.29, 1.82) is 0 Å². The summed E-state index contributed by atoms with van der Waals surface area (Å²) in [7, 11) is 0. The summed E-state index contributed by atoms with van der Waals surface area (Å²) in [5, 5.41) is 3.69. The van der Waals surface area contributed by atoms with Crippen LogP contribution in [0, 0.1) is 0 Å². The average molecular weight is 283 g/mol. The van der Waals surface area contributed by atoms with E-state index in [1.165, 1.54) is 0 Å². The molecule has 0 radical (unpaired) electrons. The van der Waals surface area contributed by atoms with Gasteiger partial charge < -0.3 is 5.32 Å². The lowest BCUT2D eigenvalue weighted by Gasteiger charge is -2.18. The molecule has 0 aliphatic heterocycles. The van der Waals surface area contributed by atoms with E-state index in [4.69, 9.17) is 0 Å². The first-order valence-corrected chi connectivity index (χ1v) is 6.56. The number of aromatic nitrogens is 2. The lowest BCUT2D eigenvalue weighted by molar-refractivity contribution is -0.144. The van der Waals surface area contributed by atoms with E-state index in [0.717, 1.165) is 12.8 Å². The number of hydrogen-bond donors (Lipinski definition) is 1. The fourth-order valence-electron chi connectivity index (χ4n) is 2.00. The van der Waals surface area contributed by atoms with Crippen molar-refractivity contribution < 1.29 is 13.2 Å². The first kappa shape index (κ1) is 14.6. The molecule has 3 nitrogen and oxygen atoms in total. The summed E-state index contributed by atoms with van der Waals surface area (Å²) in [6.07, 6.45) is -2.92. The van der Waals surface area contributed by atoms with Crippen LogP contribution in [-0.2, 0) is 6.18 Å². The van der Waals surface area contributed by atoms with Gasteiger partial charge in [0.25, 0.3) is 0 Å². The van der Waals surface area contributed by atoms with Crippen LogP contribution in [0.15, 0.2) is 24.3 Å². The second kappa shape index (κ2) is 5.64. The normalized spacial score (nSPS) is 12.1. The van der Waals surface area contributed by atoms with Gasteiger partial charge in [-0.1, -0.05) is 26.0 Å². The van der Waals surface area contributed by atoms with Gasteiger partial charge in [-0.05, 0) is 25.0 Å². The van der Waals surface area contributed by atoms with E-state index in [2.05, 4.69) is 15.3 Å². The van der Waals surface area contributed by atoms with E-state index in [1.54, 1.807) is 24.3 Å². The molecule has 6 heteroatoms. The van der Waals surface area contributed by atoms with E-state index in [1.807, 2.05) is 13.8 Å². The third kappa shape index (κ3) is 3.00. The van der Waals surface area contributed by atoms with Gasteiger partial charge in [0.1, 0.15) is 5.82 Å². The number of para-hydroxylation sites is 1. The molecule has 0 aliphatic rings. The van der Waals surface area contributed by atoms with E-state index in [-0.39, 0.29) is 11.9 Å². The van der Waals surface area contributed by atoms with E-state index in [0.29, 0.717) is 10.9 Å². The van der Waals surface area contributed by atoms with Crippen LogP contribution in [0.4, 0.5) is 19.0 Å². The fraction of sp³-hybridized carbons (Fsp3) is 0.429. The summed E-state index contributed by atoms with van der Waals surface area (Å²) < 4.78 is 38.5. The highest BCUT2D eigenvalue weighted by molar-refractivity contribution is 5.89. The van der Waals surface area contributed by atoms with Gasteiger partial charge in [-0.3, -0.25) is 0 Å². The summed E-state index contributed by atoms with van der Waals surface area (Å²) in [5.41, 5.74) is 0.295. The van der Waals surface area contributed by atoms with Crippen LogP contribution in [0.25, 0.3) is 10.9 Å². The Morgan fingerprint density at radius 1 is 1.10 bits per heavy atom. The van der Waals surface area contributed by atoms with Crippen molar-refractivity contribution >= 4 is 16.7 Å². The minimum absolute atomic E-state index is 0.0920. The maximum atomic E-state index is 12.8. The molecule has 0 aliphatic carbocycles. The smallest absolute Gasteiger partial charge is 0.367 e. The molecule has 0 amide bonds. The molecule has 0 spiro atoms. The lowest BCUT2D eigenvalue weighted by Crippen LogP contribution is -2.20. The standard InChI is InChI=1S/C14H16F3N3/c1-3-9(4-2)18-12-10-7-5-6-8-11(10)19-13(20-12)14(15,16)17/h5-9H,3-4H2,1-2H3,(H,18,19,20). The van der Waals surface area contributed by atoms with Gasteiger partial charge in [0.2, 0.25) is 5.82 Å². The van der Waals surface area contributed by atoms with Gasteiger partial charge in [-0.25, -0.2) is 9.97 Å². The molecule has 1 aromatic heterocycles. The van der Waals surface area contributed by atoms with Crippen molar-refractivity contribution in [2.75, 3.05) is 5.32 Å². The van der Waals surface area contributed by atoms with Crippen molar-refractivity contribution in [3.8, 4) is 0 Å². The molecule has 2 rings (SSSR count). The topological polar surface area (TPSA) is 37.8 Å². The lowest BCUT2D eigenvalue weighted by atomic mass is 10.1. The molecule has 0 saturated carbocycles. The number of nitrogens with one attached hydrogen (secondary N) is 1. The number of rotatable bonds is 4. The second-order valence-electron chi connectivity index (χ2n) is 4.57. The molecule has 0 bridgehead atoms. The van der Waals surface area contributed by atoms with Gasteiger partial charge in [0.15, 0.2) is 0 Å². The first-order valence-electron chi connectivity index (χ1n) is 6.56. The summed E-state index contributed by atoms with van der Waals surface area (Å²) in [4.78, 5) is 7.25. The van der Waals surface area contributed by atoms with Crippen LogP contribution < -0.4 is 5.32 Å². The number of fused-ring (bicyclic) bond motifs is 1. The van der Waals surface area contributed by atoms with Crippen molar-refractivity contribution in [2.45, 2.75) is 38.9 Å². The van der Waals surface area contributed by atoms with Gasteiger partial charge in [0, 0.05) is 11.4 Å². The molecular formula is C14H16F3N3. The zero-order valence-corrected chi connectivity index (χ0v) is 11.3. The average Bonchev–Trinajstić information content (AvgIpc) is 2.43. The third-order valence-corrected chi connectivity index (χ3v) is 3.18. The zero-order valence-electron chi connectivity index (χ0n) is 11.3. The Morgan fingerprint density at radius 3 is 2.35 bits per heavy atom. The van der Waals surface area contributed by atoms with Crippen LogP contribution in [-0.4, -0.2) is 16.0 Å². The highest BCUT2D eigenvalue weighted by Gasteiger charge is 2.35. The molecule has 108 valence electrons. The number of anilines is 1. The molecule has 20 heavy (non-hydrogen) atoms. The Labute approximate surface area is 115 Å². The van der Waals surface area contributed by atoms with Crippen molar-refractivity contribution in [3.63, 3.8) is 0 Å². The van der Waals surface area contributed by atoms with E-state index < -0.39 is 12.0 Å². The highest BCUT2D eigenvalue weighted by atomic mass is 19.4. The van der Waals surface area contributed by atoms with Crippen molar-refractivity contribution in [3.05, 3.63) is 30.1 Å². The second-order valence-corrected chi connectivity index (χ2v) is 4.57. The zero-order chi connectivity index (χ0) is 14.8. The van der Waals surface area contributed by atoms with Crippen molar-refractivity contribution in [1.82, 2.24) is 9.97 Å². The molecule has 1 N–H and O–H groups in total. The number of benzene rings is 1. The number of nitrogens with zero attached hydrogens (tertiary/aromatic N) is 2. The van der Waals surface area contributed by atoms with Crippen molar-refractivity contribution in [2.24, 2.45) is 0 Å². The van der Waals surface area contributed by atoms with Gasteiger partial charge in [0.05, 0.1) is 5.52 Å². The maximum absolute atomic E-state index is 12.8.